The largest absolute Gasteiger partial charge is 0.339 e. The van der Waals surface area contributed by atoms with Crippen LogP contribution in [0.4, 0.5) is 0 Å². The molecule has 0 bridgehead atoms. The number of benzene rings is 2. The van der Waals surface area contributed by atoms with E-state index in [-0.39, 0.29) is 17.2 Å². The topological polar surface area (TPSA) is 59.2 Å². The molecule has 0 N–H and O–H groups in total. The van der Waals surface area contributed by atoms with E-state index in [2.05, 4.69) is 30.9 Å². The van der Waals surface area contributed by atoms with E-state index >= 15 is 0 Å². The Morgan fingerprint density at radius 1 is 1.14 bits per heavy atom. The van der Waals surface area contributed by atoms with Crippen molar-refractivity contribution in [1.82, 2.24) is 15.0 Å². The SMILES string of the molecule is CC(C)(C)c1ccc(C(=O)N2CC(c3nc(-c4cccc(Cl)c4)no3)C2)cc1. The van der Waals surface area contributed by atoms with Crippen LogP contribution in [0.15, 0.2) is 53.1 Å². The molecule has 1 fully saturated rings. The van der Waals surface area contributed by atoms with Crippen LogP contribution in [0, 0.1) is 0 Å². The van der Waals surface area contributed by atoms with Crippen molar-refractivity contribution in [3.63, 3.8) is 0 Å². The molecule has 0 unspecified atom stereocenters. The van der Waals surface area contributed by atoms with Crippen LogP contribution in [0.25, 0.3) is 11.4 Å². The Bertz CT molecular complexity index is 999. The van der Waals surface area contributed by atoms with Crippen LogP contribution in [0.1, 0.15) is 48.5 Å². The first-order valence-electron chi connectivity index (χ1n) is 9.30. The predicted octanol–water partition coefficient (Wildman–Crippen LogP) is 4.93. The summed E-state index contributed by atoms with van der Waals surface area (Å²) in [6, 6.07) is 15.2. The zero-order valence-corrected chi connectivity index (χ0v) is 16.9. The van der Waals surface area contributed by atoms with Crippen molar-refractivity contribution in [2.24, 2.45) is 0 Å². The molecule has 4 rings (SSSR count). The van der Waals surface area contributed by atoms with Crippen LogP contribution in [0.3, 0.4) is 0 Å². The lowest BCUT2D eigenvalue weighted by atomic mass is 9.86. The fraction of sp³-hybridized carbons (Fsp3) is 0.318. The van der Waals surface area contributed by atoms with Gasteiger partial charge >= 0.3 is 0 Å². The number of likely N-dealkylation sites (tertiary alicyclic amines) is 1. The van der Waals surface area contributed by atoms with E-state index in [1.54, 1.807) is 17.0 Å². The molecule has 1 saturated heterocycles. The zero-order chi connectivity index (χ0) is 19.9. The van der Waals surface area contributed by atoms with Gasteiger partial charge in [-0.1, -0.05) is 61.8 Å². The monoisotopic (exact) mass is 395 g/mol. The number of carbonyl (C=O) groups excluding carboxylic acids is 1. The second kappa shape index (κ2) is 7.06. The van der Waals surface area contributed by atoms with Crippen LogP contribution in [-0.2, 0) is 5.41 Å². The molecule has 28 heavy (non-hydrogen) atoms. The number of hydrogen-bond acceptors (Lipinski definition) is 4. The van der Waals surface area contributed by atoms with Gasteiger partial charge in [0.2, 0.25) is 11.7 Å². The van der Waals surface area contributed by atoms with E-state index < -0.39 is 0 Å². The maximum absolute atomic E-state index is 12.7. The molecule has 3 aromatic rings. The van der Waals surface area contributed by atoms with Crippen molar-refractivity contribution in [2.45, 2.75) is 32.1 Å². The highest BCUT2D eigenvalue weighted by Crippen LogP contribution is 2.30. The number of nitrogens with zero attached hydrogens (tertiary/aromatic N) is 3. The fourth-order valence-electron chi connectivity index (χ4n) is 3.24. The van der Waals surface area contributed by atoms with Gasteiger partial charge in [0.15, 0.2) is 0 Å². The summed E-state index contributed by atoms with van der Waals surface area (Å²) in [6.07, 6.45) is 0. The summed E-state index contributed by atoms with van der Waals surface area (Å²) in [5.74, 6) is 1.17. The highest BCUT2D eigenvalue weighted by molar-refractivity contribution is 6.30. The second-order valence-electron chi connectivity index (χ2n) is 8.20. The molecule has 1 aliphatic heterocycles. The summed E-state index contributed by atoms with van der Waals surface area (Å²) in [4.78, 5) is 19.0. The van der Waals surface area contributed by atoms with Gasteiger partial charge in [-0.05, 0) is 35.2 Å². The van der Waals surface area contributed by atoms with Crippen LogP contribution in [0.2, 0.25) is 5.02 Å². The first kappa shape index (κ1) is 18.7. The molecule has 2 heterocycles. The average Bonchev–Trinajstić information content (AvgIpc) is 3.09. The van der Waals surface area contributed by atoms with Gasteiger partial charge < -0.3 is 9.42 Å². The van der Waals surface area contributed by atoms with Crippen LogP contribution < -0.4 is 0 Å². The van der Waals surface area contributed by atoms with Gasteiger partial charge in [0.25, 0.3) is 5.91 Å². The first-order valence-corrected chi connectivity index (χ1v) is 9.68. The van der Waals surface area contributed by atoms with E-state index in [0.717, 1.165) is 5.56 Å². The first-order chi connectivity index (χ1) is 13.3. The molecule has 0 aliphatic carbocycles. The Hall–Kier alpha value is -2.66. The molecule has 0 radical (unpaired) electrons. The molecule has 0 spiro atoms. The fourth-order valence-corrected chi connectivity index (χ4v) is 3.43. The van der Waals surface area contributed by atoms with Crippen molar-refractivity contribution in [1.29, 1.82) is 0 Å². The molecule has 6 heteroatoms. The minimum Gasteiger partial charge on any atom is -0.339 e. The van der Waals surface area contributed by atoms with Crippen molar-refractivity contribution in [3.05, 3.63) is 70.6 Å². The lowest BCUT2D eigenvalue weighted by Gasteiger charge is -2.37. The maximum Gasteiger partial charge on any atom is 0.253 e. The standard InChI is InChI=1S/C22H22ClN3O2/c1-22(2,3)17-9-7-14(8-10-17)21(27)26-12-16(13-26)20-24-19(25-28-20)15-5-4-6-18(23)11-15/h4-11,16H,12-13H2,1-3H3. The van der Waals surface area contributed by atoms with E-state index in [9.17, 15) is 4.79 Å². The van der Waals surface area contributed by atoms with E-state index in [0.29, 0.717) is 35.4 Å². The summed E-state index contributed by atoms with van der Waals surface area (Å²) < 4.78 is 5.41. The van der Waals surface area contributed by atoms with Crippen LogP contribution in [-0.4, -0.2) is 34.0 Å². The molecule has 1 aromatic heterocycles. The van der Waals surface area contributed by atoms with Gasteiger partial charge in [-0.15, -0.1) is 0 Å². The molecule has 1 aliphatic rings. The number of halogens is 1. The average molecular weight is 396 g/mol. The lowest BCUT2D eigenvalue weighted by molar-refractivity contribution is 0.0569. The number of carbonyl (C=O) groups is 1. The quantitative estimate of drug-likeness (QED) is 0.631. The Kier molecular flexibility index (Phi) is 4.71. The highest BCUT2D eigenvalue weighted by atomic mass is 35.5. The van der Waals surface area contributed by atoms with Crippen molar-refractivity contribution < 1.29 is 9.32 Å². The molecule has 2 aromatic carbocycles. The Balaban J connectivity index is 1.40. The molecule has 0 atom stereocenters. The van der Waals surface area contributed by atoms with Crippen molar-refractivity contribution in [3.8, 4) is 11.4 Å². The van der Waals surface area contributed by atoms with Crippen molar-refractivity contribution >= 4 is 17.5 Å². The van der Waals surface area contributed by atoms with Gasteiger partial charge in [0, 0.05) is 29.2 Å². The van der Waals surface area contributed by atoms with Crippen LogP contribution in [0.5, 0.6) is 0 Å². The predicted molar refractivity (Wildman–Crippen MR) is 109 cm³/mol. The number of aromatic nitrogens is 2. The normalized spacial score (nSPS) is 14.8. The van der Waals surface area contributed by atoms with E-state index in [1.165, 1.54) is 5.56 Å². The molecular formula is C22H22ClN3O2. The van der Waals surface area contributed by atoms with Gasteiger partial charge in [0.05, 0.1) is 5.92 Å². The second-order valence-corrected chi connectivity index (χ2v) is 8.64. The summed E-state index contributed by atoms with van der Waals surface area (Å²) in [5.41, 5.74) is 2.80. The highest BCUT2D eigenvalue weighted by Gasteiger charge is 2.36. The number of hydrogen-bond donors (Lipinski definition) is 0. The van der Waals surface area contributed by atoms with E-state index in [4.69, 9.17) is 16.1 Å². The Morgan fingerprint density at radius 2 is 1.86 bits per heavy atom. The zero-order valence-electron chi connectivity index (χ0n) is 16.1. The van der Waals surface area contributed by atoms with Crippen molar-refractivity contribution in [2.75, 3.05) is 13.1 Å². The summed E-state index contributed by atoms with van der Waals surface area (Å²) in [5, 5.41) is 4.67. The maximum atomic E-state index is 12.7. The van der Waals surface area contributed by atoms with Gasteiger partial charge in [-0.2, -0.15) is 4.98 Å². The summed E-state index contributed by atoms with van der Waals surface area (Å²) in [6.45, 7) is 7.64. The Morgan fingerprint density at radius 3 is 2.50 bits per heavy atom. The van der Waals surface area contributed by atoms with Gasteiger partial charge in [0.1, 0.15) is 0 Å². The summed E-state index contributed by atoms with van der Waals surface area (Å²) >= 11 is 6.02. The van der Waals surface area contributed by atoms with Crippen LogP contribution >= 0.6 is 11.6 Å². The molecule has 0 saturated carbocycles. The number of rotatable bonds is 3. The van der Waals surface area contributed by atoms with Gasteiger partial charge in [-0.3, -0.25) is 4.79 Å². The molecule has 5 nitrogen and oxygen atoms in total. The van der Waals surface area contributed by atoms with E-state index in [1.807, 2.05) is 36.4 Å². The minimum atomic E-state index is 0.0336. The Labute approximate surface area is 169 Å². The molecular weight excluding hydrogens is 374 g/mol. The smallest absolute Gasteiger partial charge is 0.253 e. The molecule has 144 valence electrons. The third kappa shape index (κ3) is 3.67. The third-order valence-electron chi connectivity index (χ3n) is 5.04. The molecule has 1 amide bonds. The third-order valence-corrected chi connectivity index (χ3v) is 5.28. The summed E-state index contributed by atoms with van der Waals surface area (Å²) in [7, 11) is 0. The van der Waals surface area contributed by atoms with Gasteiger partial charge in [-0.25, -0.2) is 0 Å². The minimum absolute atomic E-state index is 0.0336. The number of amides is 1. The lowest BCUT2D eigenvalue weighted by Crippen LogP contribution is -2.48.